The molecule has 5 heteroatoms. The molecule has 1 aromatic carbocycles. The van der Waals surface area contributed by atoms with E-state index in [1.807, 2.05) is 54.8 Å². The molecule has 0 radical (unpaired) electrons. The van der Waals surface area contributed by atoms with Gasteiger partial charge in [0.2, 0.25) is 0 Å². The number of aromatic nitrogens is 2. The number of carbonyl (C=O) groups is 1. The lowest BCUT2D eigenvalue weighted by molar-refractivity contribution is 0.0695. The van der Waals surface area contributed by atoms with Gasteiger partial charge in [0.1, 0.15) is 6.10 Å². The van der Waals surface area contributed by atoms with Gasteiger partial charge >= 0.3 is 0 Å². The number of anilines is 1. The van der Waals surface area contributed by atoms with Gasteiger partial charge in [-0.25, -0.2) is 4.98 Å². The summed E-state index contributed by atoms with van der Waals surface area (Å²) in [5.74, 6) is -0.270. The van der Waals surface area contributed by atoms with Crippen molar-refractivity contribution in [3.63, 3.8) is 0 Å². The first-order valence-electron chi connectivity index (χ1n) is 7.60. The van der Waals surface area contributed by atoms with Crippen molar-refractivity contribution >= 4 is 17.1 Å². The van der Waals surface area contributed by atoms with Gasteiger partial charge in [0.25, 0.3) is 0 Å². The predicted octanol–water partition coefficient (Wildman–Crippen LogP) is 2.66. The van der Waals surface area contributed by atoms with Gasteiger partial charge in [-0.05, 0) is 25.5 Å². The second-order valence-electron chi connectivity index (χ2n) is 5.92. The topological polar surface area (TPSA) is 66.6 Å². The Morgan fingerprint density at radius 2 is 1.91 bits per heavy atom. The van der Waals surface area contributed by atoms with Crippen molar-refractivity contribution in [2.75, 3.05) is 5.32 Å². The van der Waals surface area contributed by atoms with Gasteiger partial charge in [-0.1, -0.05) is 30.3 Å². The fraction of sp³-hybridized carbons (Fsp3) is 0.222. The van der Waals surface area contributed by atoms with Crippen LogP contribution in [0.2, 0.25) is 0 Å². The maximum atomic E-state index is 12.6. The molecule has 3 heterocycles. The third kappa shape index (κ3) is 1.97. The highest BCUT2D eigenvalue weighted by Crippen LogP contribution is 2.35. The highest BCUT2D eigenvalue weighted by atomic mass is 16.3. The van der Waals surface area contributed by atoms with Gasteiger partial charge in [-0.15, -0.1) is 0 Å². The number of nitrogens with zero attached hydrogens (tertiary/aromatic N) is 2. The molecule has 0 saturated carbocycles. The molecule has 2 atom stereocenters. The molecule has 0 unspecified atom stereocenters. The van der Waals surface area contributed by atoms with Crippen LogP contribution in [0.4, 0.5) is 5.69 Å². The van der Waals surface area contributed by atoms with Gasteiger partial charge in [-0.3, -0.25) is 4.79 Å². The molecule has 0 spiro atoms. The first-order chi connectivity index (χ1) is 11.1. The molecule has 23 heavy (non-hydrogen) atoms. The number of nitrogens with one attached hydrogen (secondary N) is 1. The Morgan fingerprint density at radius 3 is 2.65 bits per heavy atom. The Bertz CT molecular complexity index is 915. The zero-order valence-corrected chi connectivity index (χ0v) is 12.9. The fourth-order valence-electron chi connectivity index (χ4n) is 3.16. The summed E-state index contributed by atoms with van der Waals surface area (Å²) in [4.78, 5) is 17.2. The summed E-state index contributed by atoms with van der Waals surface area (Å²) >= 11 is 0. The third-order valence-electron chi connectivity index (χ3n) is 4.58. The number of pyridine rings is 1. The number of aliphatic hydroxyl groups is 1. The number of carbonyl (C=O) groups excluding carboxylic acids is 1. The number of rotatable bonds is 1. The van der Waals surface area contributed by atoms with Crippen LogP contribution in [0.25, 0.3) is 5.65 Å². The summed E-state index contributed by atoms with van der Waals surface area (Å²) in [6, 6.07) is 10.8. The smallest absolute Gasteiger partial charge is 0.196 e. The largest absolute Gasteiger partial charge is 0.382 e. The van der Waals surface area contributed by atoms with Gasteiger partial charge in [0.05, 0.1) is 17.4 Å². The number of fused-ring (bicyclic) bond motifs is 3. The molecule has 2 aromatic heterocycles. The molecule has 0 saturated heterocycles. The minimum Gasteiger partial charge on any atom is -0.382 e. The summed E-state index contributed by atoms with van der Waals surface area (Å²) < 4.78 is 1.97. The Labute approximate surface area is 133 Å². The summed E-state index contributed by atoms with van der Waals surface area (Å²) in [5, 5.41) is 13.8. The van der Waals surface area contributed by atoms with Crippen LogP contribution >= 0.6 is 0 Å². The van der Waals surface area contributed by atoms with Gasteiger partial charge < -0.3 is 14.8 Å². The predicted molar refractivity (Wildman–Crippen MR) is 87.8 cm³/mol. The van der Waals surface area contributed by atoms with Crippen LogP contribution < -0.4 is 5.32 Å². The average Bonchev–Trinajstić information content (AvgIpc) is 2.86. The number of ketones is 1. The average molecular weight is 307 g/mol. The van der Waals surface area contributed by atoms with E-state index in [1.54, 1.807) is 6.07 Å². The molecule has 1 aliphatic rings. The van der Waals surface area contributed by atoms with Crippen molar-refractivity contribution in [2.24, 2.45) is 0 Å². The van der Waals surface area contributed by atoms with Crippen LogP contribution in [0.15, 0.2) is 42.6 Å². The summed E-state index contributed by atoms with van der Waals surface area (Å²) in [5.41, 5.74) is 4.74. The number of aryl methyl sites for hydroxylation is 2. The van der Waals surface area contributed by atoms with Gasteiger partial charge in [0, 0.05) is 17.5 Å². The van der Waals surface area contributed by atoms with Crippen LogP contribution in [-0.4, -0.2) is 26.4 Å². The van der Waals surface area contributed by atoms with Crippen LogP contribution in [0.1, 0.15) is 33.4 Å². The lowest BCUT2D eigenvalue weighted by Gasteiger charge is -2.31. The van der Waals surface area contributed by atoms with Crippen molar-refractivity contribution in [1.82, 2.24) is 9.38 Å². The van der Waals surface area contributed by atoms with Crippen LogP contribution in [0.5, 0.6) is 0 Å². The van der Waals surface area contributed by atoms with Crippen LogP contribution in [0, 0.1) is 13.8 Å². The van der Waals surface area contributed by atoms with E-state index in [0.717, 1.165) is 22.6 Å². The minimum absolute atomic E-state index is 0.270. The number of hydrogen-bond donors (Lipinski definition) is 2. The summed E-state index contributed by atoms with van der Waals surface area (Å²) in [6.45, 7) is 3.94. The number of benzene rings is 1. The standard InChI is InChI=1S/C18H17N3O2/c1-10-11(2)21-9-8-13-15(18(21)19-10)20-14(17(23)16(13)22)12-6-4-3-5-7-12/h3-9,14,17,20,23H,1-2H3/t14-,17-/m0/s1. The molecule has 3 aromatic rings. The zero-order valence-electron chi connectivity index (χ0n) is 12.9. The fourth-order valence-corrected chi connectivity index (χ4v) is 3.16. The number of aliphatic hydroxyl groups excluding tert-OH is 1. The monoisotopic (exact) mass is 307 g/mol. The molecule has 2 N–H and O–H groups in total. The van der Waals surface area contributed by atoms with E-state index in [1.165, 1.54) is 0 Å². The van der Waals surface area contributed by atoms with E-state index in [0.29, 0.717) is 11.3 Å². The normalized spacial score (nSPS) is 20.4. The summed E-state index contributed by atoms with van der Waals surface area (Å²) in [6.07, 6.45) is 0.725. The van der Waals surface area contributed by atoms with Gasteiger partial charge in [-0.2, -0.15) is 0 Å². The van der Waals surface area contributed by atoms with Crippen molar-refractivity contribution in [1.29, 1.82) is 0 Å². The third-order valence-corrected chi connectivity index (χ3v) is 4.58. The van der Waals surface area contributed by atoms with E-state index >= 15 is 0 Å². The van der Waals surface area contributed by atoms with Gasteiger partial charge in [0.15, 0.2) is 11.4 Å². The maximum absolute atomic E-state index is 12.6. The Kier molecular flexibility index (Phi) is 2.99. The molecule has 0 fully saturated rings. The lowest BCUT2D eigenvalue weighted by atomic mass is 9.90. The molecule has 0 amide bonds. The van der Waals surface area contributed by atoms with Crippen molar-refractivity contribution in [3.8, 4) is 0 Å². The second kappa shape index (κ2) is 4.93. The lowest BCUT2D eigenvalue weighted by Crippen LogP contribution is -2.38. The highest BCUT2D eigenvalue weighted by Gasteiger charge is 2.36. The van der Waals surface area contributed by atoms with Crippen molar-refractivity contribution < 1.29 is 9.90 Å². The molecule has 0 aliphatic carbocycles. The molecule has 0 bridgehead atoms. The maximum Gasteiger partial charge on any atom is 0.196 e. The first kappa shape index (κ1) is 14.0. The quantitative estimate of drug-likeness (QED) is 0.725. The molecule has 116 valence electrons. The van der Waals surface area contributed by atoms with Crippen LogP contribution in [-0.2, 0) is 0 Å². The molecule has 4 rings (SSSR count). The molecule has 1 aliphatic heterocycles. The highest BCUT2D eigenvalue weighted by molar-refractivity contribution is 6.09. The van der Waals surface area contributed by atoms with Crippen molar-refractivity contribution in [3.05, 3.63) is 65.1 Å². The van der Waals surface area contributed by atoms with E-state index in [2.05, 4.69) is 10.3 Å². The zero-order chi connectivity index (χ0) is 16.1. The van der Waals surface area contributed by atoms with E-state index in [4.69, 9.17) is 0 Å². The summed E-state index contributed by atoms with van der Waals surface area (Å²) in [7, 11) is 0. The minimum atomic E-state index is -1.11. The number of hydrogen-bond acceptors (Lipinski definition) is 4. The Morgan fingerprint density at radius 1 is 1.17 bits per heavy atom. The molecular formula is C18H17N3O2. The second-order valence-corrected chi connectivity index (χ2v) is 5.92. The first-order valence-corrected chi connectivity index (χ1v) is 7.60. The van der Waals surface area contributed by atoms with Crippen LogP contribution in [0.3, 0.4) is 0 Å². The molecule has 5 nitrogen and oxygen atoms in total. The molecular weight excluding hydrogens is 290 g/mol. The number of imidazole rings is 1. The van der Waals surface area contributed by atoms with E-state index in [-0.39, 0.29) is 5.78 Å². The van der Waals surface area contributed by atoms with Crippen molar-refractivity contribution in [2.45, 2.75) is 26.0 Å². The van der Waals surface area contributed by atoms with E-state index in [9.17, 15) is 9.90 Å². The van der Waals surface area contributed by atoms with E-state index < -0.39 is 12.1 Å². The number of Topliss-reactive ketones (excluding diaryl/α,β-unsaturated/α-hetero) is 1. The SMILES string of the molecule is Cc1nc2c3c(ccn2c1C)C(=O)[C@@H](O)[C@H](c1ccccc1)N3. The Hall–Kier alpha value is -2.66. The Balaban J connectivity index is 1.92.